The molecule has 2 aliphatic heterocycles. The van der Waals surface area contributed by atoms with Crippen LogP contribution >= 0.6 is 24.0 Å². The van der Waals surface area contributed by atoms with Crippen molar-refractivity contribution < 1.29 is 4.74 Å². The van der Waals surface area contributed by atoms with Gasteiger partial charge in [0.25, 0.3) is 0 Å². The van der Waals surface area contributed by atoms with E-state index in [9.17, 15) is 0 Å². The number of hydrogen-bond donors (Lipinski definition) is 2. The average Bonchev–Trinajstić information content (AvgIpc) is 3.22. The van der Waals surface area contributed by atoms with Crippen molar-refractivity contribution in [2.45, 2.75) is 38.6 Å². The van der Waals surface area contributed by atoms with Gasteiger partial charge in [-0.2, -0.15) is 5.10 Å². The first kappa shape index (κ1) is 25.9. The van der Waals surface area contributed by atoms with Gasteiger partial charge in [0.05, 0.1) is 6.54 Å². The molecule has 4 rings (SSSR count). The number of ether oxygens (including phenoxy) is 1. The van der Waals surface area contributed by atoms with Crippen LogP contribution in [0.4, 0.5) is 0 Å². The number of nitrogens with zero attached hydrogens (tertiary/aromatic N) is 6. The molecule has 1 aromatic carbocycles. The Bertz CT molecular complexity index is 867. The van der Waals surface area contributed by atoms with Gasteiger partial charge in [-0.1, -0.05) is 30.3 Å². The number of guanidine groups is 1. The zero-order valence-electron chi connectivity index (χ0n) is 19.7. The Kier molecular flexibility index (Phi) is 10.4. The van der Waals surface area contributed by atoms with Crippen molar-refractivity contribution >= 4 is 29.9 Å². The predicted octanol–water partition coefficient (Wildman–Crippen LogP) is 1.34. The number of halogens is 1. The molecule has 1 atom stereocenters. The van der Waals surface area contributed by atoms with Crippen LogP contribution in [-0.4, -0.2) is 90.0 Å². The van der Waals surface area contributed by atoms with Crippen molar-refractivity contribution in [3.05, 3.63) is 47.5 Å². The Morgan fingerprint density at radius 2 is 1.91 bits per heavy atom. The minimum Gasteiger partial charge on any atom is -0.377 e. The lowest BCUT2D eigenvalue weighted by atomic mass is 10.1. The summed E-state index contributed by atoms with van der Waals surface area (Å²) in [5, 5.41) is 11.6. The Morgan fingerprint density at radius 1 is 1.15 bits per heavy atom. The van der Waals surface area contributed by atoms with Gasteiger partial charge in [0, 0.05) is 72.4 Å². The van der Waals surface area contributed by atoms with Crippen LogP contribution in [0.2, 0.25) is 0 Å². The molecule has 3 heterocycles. The molecule has 0 radical (unpaired) electrons. The van der Waals surface area contributed by atoms with Crippen LogP contribution in [0, 0.1) is 0 Å². The van der Waals surface area contributed by atoms with Gasteiger partial charge in [-0.05, 0) is 12.0 Å². The average molecular weight is 569 g/mol. The molecule has 2 aromatic rings. The normalized spacial score (nSPS) is 19.6. The van der Waals surface area contributed by atoms with Crippen molar-refractivity contribution in [2.75, 3.05) is 53.4 Å². The number of methoxy groups -OCH3 is 1. The molecule has 0 bridgehead atoms. The first-order chi connectivity index (χ1) is 15.7. The van der Waals surface area contributed by atoms with Gasteiger partial charge in [0.15, 0.2) is 11.8 Å². The van der Waals surface area contributed by atoms with Crippen LogP contribution < -0.4 is 10.6 Å². The summed E-state index contributed by atoms with van der Waals surface area (Å²) in [6.07, 6.45) is 1.94. The molecule has 1 unspecified atom stereocenters. The fourth-order valence-electron chi connectivity index (χ4n) is 4.40. The van der Waals surface area contributed by atoms with Crippen molar-refractivity contribution in [2.24, 2.45) is 4.99 Å². The third kappa shape index (κ3) is 7.62. The van der Waals surface area contributed by atoms with E-state index < -0.39 is 0 Å². The van der Waals surface area contributed by atoms with Gasteiger partial charge in [0.2, 0.25) is 0 Å². The van der Waals surface area contributed by atoms with Crippen molar-refractivity contribution in [1.82, 2.24) is 35.2 Å². The fraction of sp³-hybridized carbons (Fsp3) is 0.609. The van der Waals surface area contributed by atoms with E-state index in [1.807, 2.05) is 11.7 Å². The van der Waals surface area contributed by atoms with Crippen molar-refractivity contribution in [3.63, 3.8) is 0 Å². The summed E-state index contributed by atoms with van der Waals surface area (Å²) in [7, 11) is 3.50. The van der Waals surface area contributed by atoms with Gasteiger partial charge in [-0.15, -0.1) is 24.0 Å². The summed E-state index contributed by atoms with van der Waals surface area (Å²) >= 11 is 0. The molecule has 2 aliphatic rings. The number of fused-ring (bicyclic) bond motifs is 1. The number of aliphatic imine (C=N–C) groups is 1. The first-order valence-electron chi connectivity index (χ1n) is 11.6. The summed E-state index contributed by atoms with van der Waals surface area (Å²) in [5.41, 5.74) is 1.40. The lowest BCUT2D eigenvalue weighted by Gasteiger charge is -2.35. The molecule has 1 fully saturated rings. The second kappa shape index (κ2) is 13.2. The molecule has 182 valence electrons. The number of piperazine rings is 1. The van der Waals surface area contributed by atoms with E-state index >= 15 is 0 Å². The highest BCUT2D eigenvalue weighted by atomic mass is 127. The van der Waals surface area contributed by atoms with Gasteiger partial charge in [-0.3, -0.25) is 14.8 Å². The third-order valence-corrected chi connectivity index (χ3v) is 6.17. The summed E-state index contributed by atoms with van der Waals surface area (Å²) in [6, 6.07) is 11.0. The Morgan fingerprint density at radius 3 is 2.64 bits per heavy atom. The molecule has 33 heavy (non-hydrogen) atoms. The summed E-state index contributed by atoms with van der Waals surface area (Å²) in [6.45, 7) is 8.69. The number of aromatic nitrogens is 3. The van der Waals surface area contributed by atoms with E-state index in [0.29, 0.717) is 12.6 Å². The highest BCUT2D eigenvalue weighted by Crippen LogP contribution is 2.13. The van der Waals surface area contributed by atoms with Crippen LogP contribution in [0.1, 0.15) is 23.6 Å². The molecule has 1 saturated heterocycles. The second-order valence-corrected chi connectivity index (χ2v) is 8.54. The molecule has 0 aliphatic carbocycles. The third-order valence-electron chi connectivity index (χ3n) is 6.17. The summed E-state index contributed by atoms with van der Waals surface area (Å²) in [4.78, 5) is 14.0. The van der Waals surface area contributed by atoms with E-state index in [-0.39, 0.29) is 24.0 Å². The summed E-state index contributed by atoms with van der Waals surface area (Å²) in [5.74, 6) is 2.66. The Hall–Kier alpha value is -1.76. The smallest absolute Gasteiger partial charge is 0.191 e. The topological polar surface area (TPSA) is 82.8 Å². The molecule has 10 heteroatoms. The lowest BCUT2D eigenvalue weighted by molar-refractivity contribution is 0.129. The maximum atomic E-state index is 5.15. The molecule has 0 spiro atoms. The standard InChI is InChI=1S/C23H36N8O.HI/c1-24-23(26-20-8-9-22-27-21(18-32-2)28-31(22)17-20)25-10-11-29-12-14-30(15-13-29)16-19-6-4-3-5-7-19;/h3-7,20H,8-18H2,1-2H3,(H2,24,25,26);1H. The highest BCUT2D eigenvalue weighted by Gasteiger charge is 2.22. The van der Waals surface area contributed by atoms with Crippen LogP contribution in [0.25, 0.3) is 0 Å². The van der Waals surface area contributed by atoms with Crippen LogP contribution in [0.3, 0.4) is 0 Å². The van der Waals surface area contributed by atoms with Crippen LogP contribution in [0.5, 0.6) is 0 Å². The molecule has 2 N–H and O–H groups in total. The monoisotopic (exact) mass is 568 g/mol. The molecule has 0 amide bonds. The number of rotatable bonds is 8. The summed E-state index contributed by atoms with van der Waals surface area (Å²) < 4.78 is 7.15. The van der Waals surface area contributed by atoms with E-state index in [0.717, 1.165) is 82.8 Å². The molecule has 9 nitrogen and oxygen atoms in total. The number of nitrogens with one attached hydrogen (secondary N) is 2. The Balaban J connectivity index is 0.00000306. The van der Waals surface area contributed by atoms with Gasteiger partial charge in [0.1, 0.15) is 12.4 Å². The molecule has 0 saturated carbocycles. The second-order valence-electron chi connectivity index (χ2n) is 8.54. The van der Waals surface area contributed by atoms with Crippen molar-refractivity contribution in [3.8, 4) is 0 Å². The maximum Gasteiger partial charge on any atom is 0.191 e. The lowest BCUT2D eigenvalue weighted by Crippen LogP contribution is -2.50. The molecular formula is C23H37IN8O. The maximum absolute atomic E-state index is 5.15. The van der Waals surface area contributed by atoms with Gasteiger partial charge < -0.3 is 15.4 Å². The number of benzene rings is 1. The van der Waals surface area contributed by atoms with Crippen LogP contribution in [0.15, 0.2) is 35.3 Å². The quantitative estimate of drug-likeness (QED) is 0.283. The van der Waals surface area contributed by atoms with Gasteiger partial charge in [-0.25, -0.2) is 9.67 Å². The number of hydrogen-bond acceptors (Lipinski definition) is 6. The molecular weight excluding hydrogens is 531 g/mol. The minimum atomic E-state index is 0. The van der Waals surface area contributed by atoms with Gasteiger partial charge >= 0.3 is 0 Å². The van der Waals surface area contributed by atoms with E-state index in [2.05, 4.69) is 65.8 Å². The van der Waals surface area contributed by atoms with E-state index in [1.165, 1.54) is 5.56 Å². The van der Waals surface area contributed by atoms with E-state index in [4.69, 9.17) is 4.74 Å². The van der Waals surface area contributed by atoms with Crippen LogP contribution in [-0.2, 0) is 30.9 Å². The molecule has 1 aromatic heterocycles. The predicted molar refractivity (Wildman–Crippen MR) is 141 cm³/mol. The Labute approximate surface area is 214 Å². The van der Waals surface area contributed by atoms with E-state index in [1.54, 1.807) is 7.11 Å². The number of aryl methyl sites for hydroxylation is 1. The largest absolute Gasteiger partial charge is 0.377 e. The first-order valence-corrected chi connectivity index (χ1v) is 11.6. The highest BCUT2D eigenvalue weighted by molar-refractivity contribution is 14.0. The fourth-order valence-corrected chi connectivity index (χ4v) is 4.40. The SMILES string of the molecule is CN=C(NCCN1CCN(Cc2ccccc2)CC1)NC1CCc2nc(COC)nn2C1.I. The van der Waals surface area contributed by atoms with Crippen molar-refractivity contribution in [1.29, 1.82) is 0 Å². The zero-order chi connectivity index (χ0) is 22.2. The minimum absolute atomic E-state index is 0. The zero-order valence-corrected chi connectivity index (χ0v) is 22.1.